The van der Waals surface area contributed by atoms with E-state index in [1.54, 1.807) is 6.92 Å². The topological polar surface area (TPSA) is 26.3 Å². The van der Waals surface area contributed by atoms with Crippen LogP contribution in [0.2, 0.25) is 0 Å². The molecule has 4 aliphatic carbocycles. The van der Waals surface area contributed by atoms with Crippen LogP contribution >= 0.6 is 0 Å². The summed E-state index contributed by atoms with van der Waals surface area (Å²) in [7, 11) is 0. The lowest BCUT2D eigenvalue weighted by Crippen LogP contribution is -2.23. The van der Waals surface area contributed by atoms with Crippen LogP contribution in [0.3, 0.4) is 0 Å². The van der Waals surface area contributed by atoms with Crippen molar-refractivity contribution >= 4 is 5.97 Å². The van der Waals surface area contributed by atoms with Crippen LogP contribution in [-0.4, -0.2) is 12.6 Å². The number of hydrogen-bond donors (Lipinski definition) is 0. The lowest BCUT2D eigenvalue weighted by molar-refractivity contribution is -0.137. The Morgan fingerprint density at radius 1 is 1.22 bits per heavy atom. The average molecular weight is 302 g/mol. The molecule has 0 heterocycles. The Hall–Kier alpha value is -2.61. The van der Waals surface area contributed by atoms with Gasteiger partial charge in [0.2, 0.25) is 0 Å². The Kier molecular flexibility index (Phi) is 3.19. The monoisotopic (exact) mass is 302 g/mol. The van der Waals surface area contributed by atoms with Crippen molar-refractivity contribution in [2.24, 2.45) is 5.92 Å². The molecule has 1 unspecified atom stereocenters. The Bertz CT molecular complexity index is 835. The van der Waals surface area contributed by atoms with Crippen molar-refractivity contribution in [1.82, 2.24) is 0 Å². The van der Waals surface area contributed by atoms with E-state index >= 15 is 0 Å². The van der Waals surface area contributed by atoms with Crippen molar-refractivity contribution in [2.45, 2.75) is 13.3 Å². The fraction of sp³-hybridized carbons (Fsp3) is 0.190. The van der Waals surface area contributed by atoms with Gasteiger partial charge in [-0.1, -0.05) is 55.2 Å². The summed E-state index contributed by atoms with van der Waals surface area (Å²) >= 11 is 0. The molecule has 0 aliphatic heterocycles. The zero-order chi connectivity index (χ0) is 16.0. The van der Waals surface area contributed by atoms with Gasteiger partial charge in [0, 0.05) is 11.5 Å². The molecule has 0 fully saturated rings. The molecular weight excluding hydrogens is 284 g/mol. The first-order valence-electron chi connectivity index (χ1n) is 7.89. The first-order valence-corrected chi connectivity index (χ1v) is 7.89. The van der Waals surface area contributed by atoms with Gasteiger partial charge < -0.3 is 4.74 Å². The van der Waals surface area contributed by atoms with Crippen molar-refractivity contribution in [3.8, 4) is 0 Å². The van der Waals surface area contributed by atoms with E-state index in [1.807, 2.05) is 0 Å². The maximum Gasteiger partial charge on any atom is 0.333 e. The molecule has 0 N–H and O–H groups in total. The number of allylic oxidation sites excluding steroid dienone is 12. The van der Waals surface area contributed by atoms with Gasteiger partial charge in [-0.05, 0) is 46.8 Å². The fourth-order valence-corrected chi connectivity index (χ4v) is 3.57. The molecule has 2 nitrogen and oxygen atoms in total. The predicted octanol–water partition coefficient (Wildman–Crippen LogP) is 4.28. The highest BCUT2D eigenvalue weighted by molar-refractivity contribution is 5.87. The third-order valence-electron chi connectivity index (χ3n) is 4.71. The number of ether oxygens (including phenoxy) is 1. The van der Waals surface area contributed by atoms with Crippen molar-refractivity contribution in [3.05, 3.63) is 94.2 Å². The Morgan fingerprint density at radius 3 is 2.87 bits per heavy atom. The first-order chi connectivity index (χ1) is 11.1. The molecule has 0 spiro atoms. The highest BCUT2D eigenvalue weighted by atomic mass is 16.5. The molecule has 1 atom stereocenters. The van der Waals surface area contributed by atoms with Crippen LogP contribution in [-0.2, 0) is 9.53 Å². The molecule has 2 heteroatoms. The van der Waals surface area contributed by atoms with Gasteiger partial charge in [-0.15, -0.1) is 0 Å². The van der Waals surface area contributed by atoms with Gasteiger partial charge in [0.1, 0.15) is 6.61 Å². The number of carbonyl (C=O) groups excluding carboxylic acids is 1. The largest absolute Gasteiger partial charge is 0.457 e. The third kappa shape index (κ3) is 2.22. The highest BCUT2D eigenvalue weighted by Crippen LogP contribution is 2.48. The van der Waals surface area contributed by atoms with Gasteiger partial charge in [0.05, 0.1) is 0 Å². The summed E-state index contributed by atoms with van der Waals surface area (Å²) in [5.74, 6) is 0.00332. The molecule has 4 aliphatic rings. The van der Waals surface area contributed by atoms with E-state index in [9.17, 15) is 4.79 Å². The normalized spacial score (nSPS) is 23.4. The van der Waals surface area contributed by atoms with Crippen LogP contribution in [0.1, 0.15) is 13.3 Å². The SMILES string of the molecule is C=C(C)C(=O)OCC1=CCC2=C3C1=CC=C1C=CC=C(C=C2)C13. The van der Waals surface area contributed by atoms with Gasteiger partial charge >= 0.3 is 5.97 Å². The summed E-state index contributed by atoms with van der Waals surface area (Å²) in [4.78, 5) is 11.7. The van der Waals surface area contributed by atoms with E-state index in [2.05, 4.69) is 55.2 Å². The molecule has 0 aromatic carbocycles. The van der Waals surface area contributed by atoms with Gasteiger partial charge in [-0.25, -0.2) is 4.79 Å². The third-order valence-corrected chi connectivity index (χ3v) is 4.71. The van der Waals surface area contributed by atoms with E-state index in [4.69, 9.17) is 4.74 Å². The summed E-state index contributed by atoms with van der Waals surface area (Å²) in [5, 5.41) is 0. The Balaban J connectivity index is 1.68. The molecule has 0 amide bonds. The fourth-order valence-electron chi connectivity index (χ4n) is 3.57. The minimum Gasteiger partial charge on any atom is -0.457 e. The van der Waals surface area contributed by atoms with Crippen LogP contribution in [0.4, 0.5) is 0 Å². The molecule has 0 saturated heterocycles. The zero-order valence-electron chi connectivity index (χ0n) is 13.1. The number of rotatable bonds is 3. The summed E-state index contributed by atoms with van der Waals surface area (Å²) in [6.45, 7) is 5.61. The predicted molar refractivity (Wildman–Crippen MR) is 91.5 cm³/mol. The second kappa shape index (κ2) is 5.24. The summed E-state index contributed by atoms with van der Waals surface area (Å²) < 4.78 is 5.37. The molecule has 0 radical (unpaired) electrons. The smallest absolute Gasteiger partial charge is 0.333 e. The summed E-state index contributed by atoms with van der Waals surface area (Å²) in [6.07, 6.45) is 18.3. The van der Waals surface area contributed by atoms with Gasteiger partial charge in [0.25, 0.3) is 0 Å². The second-order valence-corrected chi connectivity index (χ2v) is 6.27. The van der Waals surface area contributed by atoms with Gasteiger partial charge in [-0.2, -0.15) is 0 Å². The van der Waals surface area contributed by atoms with Crippen LogP contribution < -0.4 is 0 Å². The maximum absolute atomic E-state index is 11.7. The molecule has 0 bridgehead atoms. The zero-order valence-corrected chi connectivity index (χ0v) is 13.1. The molecule has 0 aromatic rings. The van der Waals surface area contributed by atoms with Crippen molar-refractivity contribution in [3.63, 3.8) is 0 Å². The molecule has 0 saturated carbocycles. The van der Waals surface area contributed by atoms with Gasteiger partial charge in [-0.3, -0.25) is 0 Å². The lowest BCUT2D eigenvalue weighted by atomic mass is 9.67. The van der Waals surface area contributed by atoms with Gasteiger partial charge in [0.15, 0.2) is 0 Å². The molecule has 23 heavy (non-hydrogen) atoms. The summed E-state index contributed by atoms with van der Waals surface area (Å²) in [5.41, 5.74) is 8.16. The minimum absolute atomic E-state index is 0.308. The summed E-state index contributed by atoms with van der Waals surface area (Å²) in [6, 6.07) is 0. The minimum atomic E-state index is -0.331. The van der Waals surface area contributed by atoms with Crippen LogP contribution in [0, 0.1) is 5.92 Å². The van der Waals surface area contributed by atoms with E-state index in [0.29, 0.717) is 18.1 Å². The molecular formula is C21H18O2. The van der Waals surface area contributed by atoms with E-state index in [1.165, 1.54) is 27.9 Å². The highest BCUT2D eigenvalue weighted by Gasteiger charge is 2.34. The van der Waals surface area contributed by atoms with Crippen LogP contribution in [0.5, 0.6) is 0 Å². The molecule has 114 valence electrons. The van der Waals surface area contributed by atoms with Crippen molar-refractivity contribution in [1.29, 1.82) is 0 Å². The number of esters is 1. The Labute approximate surface area is 136 Å². The standard InChI is InChI=1S/C21H18O2/c1-13(2)21(22)23-12-17-9-8-16-7-6-14-4-3-5-15-10-11-18(17)20(16)19(14)15/h3-7,9-11,19H,1,8,12H2,2H3. The quantitative estimate of drug-likeness (QED) is 0.574. The maximum atomic E-state index is 11.7. The molecule has 0 aromatic heterocycles. The van der Waals surface area contributed by atoms with Crippen LogP contribution in [0.15, 0.2) is 94.2 Å². The first kappa shape index (κ1) is 14.0. The average Bonchev–Trinajstić information content (AvgIpc) is 2.58. The van der Waals surface area contributed by atoms with Crippen LogP contribution in [0.25, 0.3) is 0 Å². The van der Waals surface area contributed by atoms with Crippen molar-refractivity contribution in [2.75, 3.05) is 6.61 Å². The van der Waals surface area contributed by atoms with E-state index < -0.39 is 0 Å². The van der Waals surface area contributed by atoms with E-state index in [0.717, 1.165) is 12.0 Å². The van der Waals surface area contributed by atoms with E-state index in [-0.39, 0.29) is 5.97 Å². The molecule has 4 rings (SSSR count). The Morgan fingerprint density at radius 2 is 2.04 bits per heavy atom. The lowest BCUT2D eigenvalue weighted by Gasteiger charge is -2.36. The van der Waals surface area contributed by atoms with Crippen molar-refractivity contribution < 1.29 is 9.53 Å². The second-order valence-electron chi connectivity index (χ2n) is 6.27. The number of carbonyl (C=O) groups is 1. The number of hydrogen-bond acceptors (Lipinski definition) is 2.